The standard InChI is InChI=1S/C11H21N3/c1-4-10(11-13-7-8-14-11)12-6-5-9(2)3/h7-10,12H,4-6H2,1-3H3,(H,13,14). The first-order valence-corrected chi connectivity index (χ1v) is 5.46. The predicted molar refractivity (Wildman–Crippen MR) is 59.1 cm³/mol. The number of imidazole rings is 1. The van der Waals surface area contributed by atoms with Gasteiger partial charge in [0.05, 0.1) is 6.04 Å². The van der Waals surface area contributed by atoms with Crippen LogP contribution in [0.3, 0.4) is 0 Å². The molecule has 0 saturated heterocycles. The first-order chi connectivity index (χ1) is 6.74. The summed E-state index contributed by atoms with van der Waals surface area (Å²) in [5, 5.41) is 3.51. The van der Waals surface area contributed by atoms with Gasteiger partial charge >= 0.3 is 0 Å². The fraction of sp³-hybridized carbons (Fsp3) is 0.727. The van der Waals surface area contributed by atoms with Crippen molar-refractivity contribution < 1.29 is 0 Å². The number of H-pyrrole nitrogens is 1. The summed E-state index contributed by atoms with van der Waals surface area (Å²) in [6, 6.07) is 0.378. The molecule has 0 saturated carbocycles. The van der Waals surface area contributed by atoms with Gasteiger partial charge in [-0.3, -0.25) is 0 Å². The Balaban J connectivity index is 2.33. The summed E-state index contributed by atoms with van der Waals surface area (Å²) in [6.07, 6.45) is 5.98. The summed E-state index contributed by atoms with van der Waals surface area (Å²) >= 11 is 0. The third-order valence-electron chi connectivity index (χ3n) is 2.37. The van der Waals surface area contributed by atoms with Crippen molar-refractivity contribution in [1.29, 1.82) is 0 Å². The van der Waals surface area contributed by atoms with Gasteiger partial charge in [0.25, 0.3) is 0 Å². The summed E-state index contributed by atoms with van der Waals surface area (Å²) in [7, 11) is 0. The van der Waals surface area contributed by atoms with E-state index < -0.39 is 0 Å². The van der Waals surface area contributed by atoms with Gasteiger partial charge in [-0.1, -0.05) is 20.8 Å². The van der Waals surface area contributed by atoms with Gasteiger partial charge in [-0.25, -0.2) is 4.98 Å². The van der Waals surface area contributed by atoms with Crippen LogP contribution in [0.5, 0.6) is 0 Å². The molecule has 0 bridgehead atoms. The van der Waals surface area contributed by atoms with Gasteiger partial charge in [-0.05, 0) is 25.3 Å². The van der Waals surface area contributed by atoms with Gasteiger partial charge in [0.1, 0.15) is 5.82 Å². The Labute approximate surface area is 86.3 Å². The van der Waals surface area contributed by atoms with Crippen molar-refractivity contribution in [1.82, 2.24) is 15.3 Å². The zero-order valence-corrected chi connectivity index (χ0v) is 9.38. The van der Waals surface area contributed by atoms with Crippen molar-refractivity contribution in [3.05, 3.63) is 18.2 Å². The molecule has 0 aliphatic carbocycles. The number of hydrogen-bond donors (Lipinski definition) is 2. The molecule has 1 aromatic heterocycles. The van der Waals surface area contributed by atoms with E-state index in [0.29, 0.717) is 6.04 Å². The molecule has 3 heteroatoms. The number of rotatable bonds is 6. The van der Waals surface area contributed by atoms with Gasteiger partial charge in [0, 0.05) is 12.4 Å². The topological polar surface area (TPSA) is 40.7 Å². The lowest BCUT2D eigenvalue weighted by atomic mass is 10.1. The molecule has 1 unspecified atom stereocenters. The molecule has 0 fully saturated rings. The van der Waals surface area contributed by atoms with Crippen molar-refractivity contribution >= 4 is 0 Å². The lowest BCUT2D eigenvalue weighted by molar-refractivity contribution is 0.457. The first kappa shape index (κ1) is 11.2. The average molecular weight is 195 g/mol. The Hall–Kier alpha value is -0.830. The van der Waals surface area contributed by atoms with Crippen molar-refractivity contribution in [3.8, 4) is 0 Å². The second-order valence-corrected chi connectivity index (χ2v) is 4.07. The van der Waals surface area contributed by atoms with Crippen LogP contribution in [0, 0.1) is 5.92 Å². The van der Waals surface area contributed by atoms with E-state index >= 15 is 0 Å². The minimum absolute atomic E-state index is 0.378. The molecule has 0 spiro atoms. The Morgan fingerprint density at radius 1 is 1.50 bits per heavy atom. The van der Waals surface area contributed by atoms with E-state index in [1.165, 1.54) is 6.42 Å². The molecule has 14 heavy (non-hydrogen) atoms. The van der Waals surface area contributed by atoms with Crippen molar-refractivity contribution in [2.75, 3.05) is 6.54 Å². The number of nitrogens with one attached hydrogen (secondary N) is 2. The lowest BCUT2D eigenvalue weighted by Gasteiger charge is -2.15. The van der Waals surface area contributed by atoms with E-state index in [-0.39, 0.29) is 0 Å². The summed E-state index contributed by atoms with van der Waals surface area (Å²) in [4.78, 5) is 7.42. The molecule has 0 amide bonds. The predicted octanol–water partition coefficient (Wildman–Crippen LogP) is 2.50. The van der Waals surface area contributed by atoms with Gasteiger partial charge in [-0.2, -0.15) is 0 Å². The molecule has 1 aromatic rings. The van der Waals surface area contributed by atoms with Crippen LogP contribution in [-0.4, -0.2) is 16.5 Å². The van der Waals surface area contributed by atoms with Crippen LogP contribution in [0.2, 0.25) is 0 Å². The molecular formula is C11H21N3. The second-order valence-electron chi connectivity index (χ2n) is 4.07. The highest BCUT2D eigenvalue weighted by Crippen LogP contribution is 2.11. The van der Waals surface area contributed by atoms with Gasteiger partial charge in [0.15, 0.2) is 0 Å². The monoisotopic (exact) mass is 195 g/mol. The molecule has 0 radical (unpaired) electrons. The summed E-state index contributed by atoms with van der Waals surface area (Å²) in [5.74, 6) is 1.81. The zero-order chi connectivity index (χ0) is 10.4. The minimum atomic E-state index is 0.378. The molecule has 2 N–H and O–H groups in total. The molecule has 0 aliphatic heterocycles. The van der Waals surface area contributed by atoms with Crippen molar-refractivity contribution in [3.63, 3.8) is 0 Å². The fourth-order valence-electron chi connectivity index (χ4n) is 1.45. The van der Waals surface area contributed by atoms with Gasteiger partial charge < -0.3 is 10.3 Å². The summed E-state index contributed by atoms with van der Waals surface area (Å²) < 4.78 is 0. The van der Waals surface area contributed by atoms with Gasteiger partial charge in [-0.15, -0.1) is 0 Å². The van der Waals surface area contributed by atoms with Crippen LogP contribution in [0.25, 0.3) is 0 Å². The molecule has 0 aliphatic rings. The number of nitrogens with zero attached hydrogens (tertiary/aromatic N) is 1. The average Bonchev–Trinajstić information content (AvgIpc) is 2.64. The Kier molecular flexibility index (Phi) is 4.66. The highest BCUT2D eigenvalue weighted by Gasteiger charge is 2.09. The maximum Gasteiger partial charge on any atom is 0.123 e. The van der Waals surface area contributed by atoms with Crippen LogP contribution in [-0.2, 0) is 0 Å². The van der Waals surface area contributed by atoms with E-state index in [0.717, 1.165) is 24.7 Å². The molecular weight excluding hydrogens is 174 g/mol. The lowest BCUT2D eigenvalue weighted by Crippen LogP contribution is -2.23. The molecule has 1 heterocycles. The normalized spacial score (nSPS) is 13.4. The van der Waals surface area contributed by atoms with Crippen molar-refractivity contribution in [2.24, 2.45) is 5.92 Å². The van der Waals surface area contributed by atoms with Crippen LogP contribution >= 0.6 is 0 Å². The minimum Gasteiger partial charge on any atom is -0.347 e. The molecule has 1 atom stereocenters. The van der Waals surface area contributed by atoms with Crippen LogP contribution in [0.15, 0.2) is 12.4 Å². The maximum atomic E-state index is 4.27. The summed E-state index contributed by atoms with van der Waals surface area (Å²) in [6.45, 7) is 7.73. The van der Waals surface area contributed by atoms with Crippen LogP contribution in [0.4, 0.5) is 0 Å². The quantitative estimate of drug-likeness (QED) is 0.732. The highest BCUT2D eigenvalue weighted by molar-refractivity contribution is 4.94. The number of aromatic amines is 1. The van der Waals surface area contributed by atoms with E-state index in [1.54, 1.807) is 0 Å². The molecule has 80 valence electrons. The van der Waals surface area contributed by atoms with Gasteiger partial charge in [0.2, 0.25) is 0 Å². The van der Waals surface area contributed by atoms with Crippen molar-refractivity contribution in [2.45, 2.75) is 39.7 Å². The Morgan fingerprint density at radius 2 is 2.29 bits per heavy atom. The van der Waals surface area contributed by atoms with E-state index in [4.69, 9.17) is 0 Å². The third kappa shape index (κ3) is 3.50. The molecule has 3 nitrogen and oxygen atoms in total. The Morgan fingerprint density at radius 3 is 2.79 bits per heavy atom. The SMILES string of the molecule is CCC(NCCC(C)C)c1ncc[nH]1. The largest absolute Gasteiger partial charge is 0.347 e. The number of hydrogen-bond acceptors (Lipinski definition) is 2. The smallest absolute Gasteiger partial charge is 0.123 e. The van der Waals surface area contributed by atoms with E-state index in [2.05, 4.69) is 36.1 Å². The number of aromatic nitrogens is 2. The summed E-state index contributed by atoms with van der Waals surface area (Å²) in [5.41, 5.74) is 0. The van der Waals surface area contributed by atoms with Crippen LogP contribution in [0.1, 0.15) is 45.5 Å². The first-order valence-electron chi connectivity index (χ1n) is 5.46. The van der Waals surface area contributed by atoms with E-state index in [9.17, 15) is 0 Å². The zero-order valence-electron chi connectivity index (χ0n) is 9.38. The van der Waals surface area contributed by atoms with E-state index in [1.807, 2.05) is 12.4 Å². The fourth-order valence-corrected chi connectivity index (χ4v) is 1.45. The molecule has 0 aromatic carbocycles. The Bertz CT molecular complexity index is 229. The second kappa shape index (κ2) is 5.81. The van der Waals surface area contributed by atoms with Crippen LogP contribution < -0.4 is 5.32 Å². The molecule has 1 rings (SSSR count). The third-order valence-corrected chi connectivity index (χ3v) is 2.37. The maximum absolute atomic E-state index is 4.27. The highest BCUT2D eigenvalue weighted by atomic mass is 15.0.